The number of carbonyl (C=O) groups excluding carboxylic acids is 2. The molecule has 0 spiro atoms. The highest BCUT2D eigenvalue weighted by Crippen LogP contribution is 2.35. The number of aliphatic hydroxyl groups is 3. The van der Waals surface area contributed by atoms with Crippen molar-refractivity contribution in [3.05, 3.63) is 29.8 Å². The zero-order valence-electron chi connectivity index (χ0n) is 22.2. The zero-order valence-corrected chi connectivity index (χ0v) is 23.0. The number of methoxy groups -OCH3 is 1. The third-order valence-corrected chi connectivity index (χ3v) is 8.58. The fourth-order valence-electron chi connectivity index (χ4n) is 5.17. The Labute approximate surface area is 228 Å². The van der Waals surface area contributed by atoms with Crippen LogP contribution < -0.4 is 5.32 Å². The summed E-state index contributed by atoms with van der Waals surface area (Å²) in [5, 5.41) is 44.3. The van der Waals surface area contributed by atoms with Crippen molar-refractivity contribution in [2.24, 2.45) is 11.8 Å². The van der Waals surface area contributed by atoms with Crippen LogP contribution in [0.4, 0.5) is 0 Å². The zero-order chi connectivity index (χ0) is 27.8. The summed E-state index contributed by atoms with van der Waals surface area (Å²) in [6.45, 7) is 3.90. The molecule has 10 nitrogen and oxygen atoms in total. The summed E-state index contributed by atoms with van der Waals surface area (Å²) in [4.78, 5) is 25.3. The first-order valence-electron chi connectivity index (χ1n) is 13.3. The molecule has 1 aliphatic heterocycles. The van der Waals surface area contributed by atoms with Crippen LogP contribution in [0.25, 0.3) is 0 Å². The third kappa shape index (κ3) is 7.83. The van der Waals surface area contributed by atoms with Crippen LogP contribution in [0.3, 0.4) is 0 Å². The lowest BCUT2D eigenvalue weighted by Crippen LogP contribution is -2.65. The summed E-state index contributed by atoms with van der Waals surface area (Å²) in [7, 11) is 1.49. The van der Waals surface area contributed by atoms with Crippen LogP contribution in [0.5, 0.6) is 5.75 Å². The van der Waals surface area contributed by atoms with Gasteiger partial charge < -0.3 is 40.0 Å². The number of ether oxygens (including phenoxy) is 3. The Balaban J connectivity index is 1.59. The number of nitrogens with one attached hydrogen (secondary N) is 1. The van der Waals surface area contributed by atoms with Gasteiger partial charge in [-0.2, -0.15) is 0 Å². The summed E-state index contributed by atoms with van der Waals surface area (Å²) < 4.78 is 16.8. The molecule has 214 valence electrons. The lowest BCUT2D eigenvalue weighted by Gasteiger charge is -2.44. The smallest absolute Gasteiger partial charge is 0.338 e. The number of rotatable bonds is 12. The van der Waals surface area contributed by atoms with Crippen molar-refractivity contribution in [1.29, 1.82) is 0 Å². The lowest BCUT2D eigenvalue weighted by molar-refractivity contribution is -0.212. The number of hydrogen-bond donors (Lipinski definition) is 5. The van der Waals surface area contributed by atoms with Gasteiger partial charge >= 0.3 is 5.97 Å². The summed E-state index contributed by atoms with van der Waals surface area (Å²) in [6.07, 6.45) is -1.09. The van der Waals surface area contributed by atoms with E-state index < -0.39 is 48.0 Å². The van der Waals surface area contributed by atoms with Gasteiger partial charge in [0.25, 0.3) is 0 Å². The molecule has 11 heteroatoms. The summed E-state index contributed by atoms with van der Waals surface area (Å²) >= 11 is 1.13. The van der Waals surface area contributed by atoms with E-state index in [4.69, 9.17) is 14.2 Å². The van der Waals surface area contributed by atoms with E-state index in [2.05, 4.69) is 12.2 Å². The summed E-state index contributed by atoms with van der Waals surface area (Å²) in [5.41, 5.74) is -0.648. The van der Waals surface area contributed by atoms with Crippen LogP contribution in [0.1, 0.15) is 56.3 Å². The molecule has 0 bridgehead atoms. The molecule has 0 aromatic heterocycles. The van der Waals surface area contributed by atoms with Gasteiger partial charge in [-0.1, -0.05) is 19.8 Å². The summed E-state index contributed by atoms with van der Waals surface area (Å²) in [5.74, 6) is 0.0122. The number of benzene rings is 1. The Hall–Kier alpha value is -1.89. The molecular weight excluding hydrogens is 514 g/mol. The van der Waals surface area contributed by atoms with Crippen LogP contribution in [-0.2, 0) is 19.0 Å². The van der Waals surface area contributed by atoms with Gasteiger partial charge in [0.2, 0.25) is 5.91 Å². The van der Waals surface area contributed by atoms with E-state index in [1.165, 1.54) is 31.4 Å². The first kappa shape index (κ1) is 30.6. The van der Waals surface area contributed by atoms with Crippen LogP contribution in [0, 0.1) is 11.8 Å². The maximum Gasteiger partial charge on any atom is 0.338 e. The molecule has 9 atom stereocenters. The van der Waals surface area contributed by atoms with Gasteiger partial charge in [0.05, 0.1) is 17.7 Å². The molecule has 1 heterocycles. The molecule has 1 aliphatic carbocycles. The van der Waals surface area contributed by atoms with Crippen molar-refractivity contribution in [2.45, 2.75) is 87.9 Å². The van der Waals surface area contributed by atoms with Crippen molar-refractivity contribution in [3.8, 4) is 5.75 Å². The van der Waals surface area contributed by atoms with Crippen molar-refractivity contribution in [1.82, 2.24) is 5.32 Å². The molecule has 0 unspecified atom stereocenters. The van der Waals surface area contributed by atoms with E-state index in [0.717, 1.165) is 43.9 Å². The average molecular weight is 556 g/mol. The van der Waals surface area contributed by atoms with E-state index in [0.29, 0.717) is 5.92 Å². The highest BCUT2D eigenvalue weighted by atomic mass is 32.2. The second kappa shape index (κ2) is 14.5. The standard InChI is InChI=1S/C27H41NO9S/c1-4-5-16-6-7-18(14-16)25(33)28-20(15(2)35-3)24-22(31)21(30)23(32)27(37-24)38-13-12-36-26(34)17-8-10-19(29)11-9-17/h8-11,15-16,18,20-24,27,29-32H,4-7,12-14H2,1-3H3,(H,28,33)/t15-,16+,18+,20-,21+,22-,23-,24-,27-/m1/s1. The number of hydrogen-bond acceptors (Lipinski definition) is 10. The van der Waals surface area contributed by atoms with Crippen molar-refractivity contribution >= 4 is 23.6 Å². The van der Waals surface area contributed by atoms with E-state index >= 15 is 0 Å². The molecule has 2 fully saturated rings. The Morgan fingerprint density at radius 2 is 1.84 bits per heavy atom. The van der Waals surface area contributed by atoms with Gasteiger partial charge in [0.1, 0.15) is 42.2 Å². The highest BCUT2D eigenvalue weighted by Gasteiger charge is 2.48. The van der Waals surface area contributed by atoms with Gasteiger partial charge in [0, 0.05) is 18.8 Å². The maximum atomic E-state index is 13.1. The first-order valence-corrected chi connectivity index (χ1v) is 14.3. The molecule has 38 heavy (non-hydrogen) atoms. The molecule has 5 N–H and O–H groups in total. The van der Waals surface area contributed by atoms with Crippen molar-refractivity contribution in [3.63, 3.8) is 0 Å². The Morgan fingerprint density at radius 1 is 1.13 bits per heavy atom. The number of aromatic hydroxyl groups is 1. The molecular formula is C27H41NO9S. The average Bonchev–Trinajstić information content (AvgIpc) is 3.38. The van der Waals surface area contributed by atoms with Gasteiger partial charge in [-0.05, 0) is 56.4 Å². The van der Waals surface area contributed by atoms with Gasteiger partial charge in [0.15, 0.2) is 0 Å². The Bertz CT molecular complexity index is 901. The molecule has 3 rings (SSSR count). The Morgan fingerprint density at radius 3 is 2.50 bits per heavy atom. The quantitative estimate of drug-likeness (QED) is 0.191. The molecule has 1 saturated carbocycles. The molecule has 1 saturated heterocycles. The molecule has 1 aromatic rings. The highest BCUT2D eigenvalue weighted by molar-refractivity contribution is 7.99. The number of phenolic OH excluding ortho intramolecular Hbond substituents is 1. The number of amides is 1. The number of thioether (sulfide) groups is 1. The van der Waals surface area contributed by atoms with Crippen molar-refractivity contribution < 1.29 is 44.2 Å². The Kier molecular flexibility index (Phi) is 11.7. The van der Waals surface area contributed by atoms with Gasteiger partial charge in [-0.3, -0.25) is 4.79 Å². The number of phenols is 1. The number of carbonyl (C=O) groups is 2. The molecule has 0 radical (unpaired) electrons. The van der Waals surface area contributed by atoms with Crippen LogP contribution >= 0.6 is 11.8 Å². The molecule has 1 amide bonds. The van der Waals surface area contributed by atoms with E-state index in [9.17, 15) is 30.0 Å². The van der Waals surface area contributed by atoms with Gasteiger partial charge in [-0.25, -0.2) is 4.79 Å². The number of esters is 1. The summed E-state index contributed by atoms with van der Waals surface area (Å²) in [6, 6.07) is 4.91. The van der Waals surface area contributed by atoms with Crippen molar-refractivity contribution in [2.75, 3.05) is 19.5 Å². The lowest BCUT2D eigenvalue weighted by atomic mass is 9.91. The largest absolute Gasteiger partial charge is 0.508 e. The first-order chi connectivity index (χ1) is 18.2. The minimum absolute atomic E-state index is 0.00944. The van der Waals surface area contributed by atoms with Gasteiger partial charge in [-0.15, -0.1) is 11.8 Å². The predicted octanol–water partition coefficient (Wildman–Crippen LogP) is 1.83. The minimum Gasteiger partial charge on any atom is -0.508 e. The predicted molar refractivity (Wildman–Crippen MR) is 142 cm³/mol. The van der Waals surface area contributed by atoms with E-state index in [1.54, 1.807) is 6.92 Å². The molecule has 2 aliphatic rings. The van der Waals surface area contributed by atoms with E-state index in [-0.39, 0.29) is 35.5 Å². The topological polar surface area (TPSA) is 155 Å². The van der Waals surface area contributed by atoms with Crippen LogP contribution in [0.2, 0.25) is 0 Å². The fourth-order valence-corrected chi connectivity index (χ4v) is 6.14. The second-order valence-corrected chi connectivity index (χ2v) is 11.3. The monoisotopic (exact) mass is 555 g/mol. The van der Waals surface area contributed by atoms with Crippen LogP contribution in [-0.4, -0.2) is 93.8 Å². The van der Waals surface area contributed by atoms with Crippen LogP contribution in [0.15, 0.2) is 24.3 Å². The minimum atomic E-state index is -1.50. The fraction of sp³-hybridized carbons (Fsp3) is 0.704. The SMILES string of the molecule is CCC[C@H]1CC[C@H](C(=O)N[C@@H]([C@H]2O[C@H](SCCOC(=O)c3ccc(O)cc3)[C@H](O)[C@@H](O)[C@H]2O)[C@@H](C)OC)C1. The normalized spacial score (nSPS) is 30.9. The maximum absolute atomic E-state index is 13.1. The molecule has 1 aromatic carbocycles. The third-order valence-electron chi connectivity index (χ3n) is 7.46. The van der Waals surface area contributed by atoms with E-state index in [1.807, 2.05) is 0 Å². The second-order valence-electron chi connectivity index (χ2n) is 10.1. The number of aliphatic hydroxyl groups excluding tert-OH is 3.